The van der Waals surface area contributed by atoms with E-state index in [9.17, 15) is 14.4 Å². The summed E-state index contributed by atoms with van der Waals surface area (Å²) in [6.45, 7) is 7.16. The van der Waals surface area contributed by atoms with Crippen LogP contribution < -0.4 is 10.6 Å². The Labute approximate surface area is 163 Å². The SMILES string of the molecule is Cc1ccc(Cl)c(NC(=O)CN2C(=O)N[C@](C)(CCC(C)C)C2=O)c1Cl. The molecule has 0 unspecified atom stereocenters. The van der Waals surface area contributed by atoms with Crippen molar-refractivity contribution in [3.63, 3.8) is 0 Å². The van der Waals surface area contributed by atoms with Gasteiger partial charge in [0.05, 0.1) is 15.7 Å². The lowest BCUT2D eigenvalue weighted by Gasteiger charge is -2.22. The fourth-order valence-electron chi connectivity index (χ4n) is 2.73. The molecule has 1 aromatic rings. The Bertz CT molecular complexity index is 751. The van der Waals surface area contributed by atoms with Gasteiger partial charge in [-0.25, -0.2) is 4.79 Å². The van der Waals surface area contributed by atoms with Gasteiger partial charge in [-0.05, 0) is 44.2 Å². The molecular formula is C18H23Cl2N3O3. The van der Waals surface area contributed by atoms with Crippen molar-refractivity contribution in [2.75, 3.05) is 11.9 Å². The highest BCUT2D eigenvalue weighted by Gasteiger charge is 2.47. The van der Waals surface area contributed by atoms with E-state index in [0.717, 1.165) is 16.9 Å². The van der Waals surface area contributed by atoms with Crippen molar-refractivity contribution in [2.45, 2.75) is 46.1 Å². The summed E-state index contributed by atoms with van der Waals surface area (Å²) < 4.78 is 0. The number of urea groups is 1. The number of nitrogens with zero attached hydrogens (tertiary/aromatic N) is 1. The highest BCUT2D eigenvalue weighted by Crippen LogP contribution is 2.33. The number of amides is 4. The fourth-order valence-corrected chi connectivity index (χ4v) is 3.20. The van der Waals surface area contributed by atoms with Crippen LogP contribution in [0.1, 0.15) is 39.2 Å². The molecule has 2 N–H and O–H groups in total. The third kappa shape index (κ3) is 4.30. The lowest BCUT2D eigenvalue weighted by Crippen LogP contribution is -2.44. The molecule has 1 aromatic carbocycles. The standard InChI is InChI=1S/C18H23Cl2N3O3/c1-10(2)7-8-18(4)16(25)23(17(26)22-18)9-13(24)21-15-12(19)6-5-11(3)14(15)20/h5-6,10H,7-9H2,1-4H3,(H,21,24)(H,22,26)/t18-/m1/s1. The predicted molar refractivity (Wildman–Crippen MR) is 103 cm³/mol. The molecule has 2 rings (SSSR count). The number of anilines is 1. The molecule has 8 heteroatoms. The molecule has 142 valence electrons. The minimum atomic E-state index is -0.986. The van der Waals surface area contributed by atoms with Gasteiger partial charge in [0.25, 0.3) is 5.91 Å². The molecule has 0 saturated carbocycles. The van der Waals surface area contributed by atoms with Crippen LogP contribution in [0.3, 0.4) is 0 Å². The van der Waals surface area contributed by atoms with Crippen molar-refractivity contribution < 1.29 is 14.4 Å². The summed E-state index contributed by atoms with van der Waals surface area (Å²) >= 11 is 12.3. The van der Waals surface area contributed by atoms with Gasteiger partial charge < -0.3 is 10.6 Å². The molecular weight excluding hydrogens is 377 g/mol. The minimum absolute atomic E-state index is 0.271. The van der Waals surface area contributed by atoms with Gasteiger partial charge in [-0.15, -0.1) is 0 Å². The Morgan fingerprint density at radius 2 is 1.96 bits per heavy atom. The van der Waals surface area contributed by atoms with Gasteiger partial charge in [0, 0.05) is 0 Å². The summed E-state index contributed by atoms with van der Waals surface area (Å²) in [6.07, 6.45) is 1.31. The van der Waals surface area contributed by atoms with Gasteiger partial charge in [-0.2, -0.15) is 0 Å². The Morgan fingerprint density at radius 3 is 2.58 bits per heavy atom. The van der Waals surface area contributed by atoms with Crippen LogP contribution in [-0.4, -0.2) is 34.8 Å². The number of hydrogen-bond acceptors (Lipinski definition) is 3. The molecule has 1 atom stereocenters. The number of benzene rings is 1. The van der Waals surface area contributed by atoms with E-state index in [1.165, 1.54) is 0 Å². The van der Waals surface area contributed by atoms with E-state index < -0.39 is 29.9 Å². The zero-order valence-electron chi connectivity index (χ0n) is 15.3. The topological polar surface area (TPSA) is 78.5 Å². The zero-order chi connectivity index (χ0) is 19.6. The van der Waals surface area contributed by atoms with E-state index in [1.807, 2.05) is 13.8 Å². The first-order valence-corrected chi connectivity index (χ1v) is 9.19. The van der Waals surface area contributed by atoms with Crippen molar-refractivity contribution >= 4 is 46.7 Å². The van der Waals surface area contributed by atoms with Crippen LogP contribution in [0.4, 0.5) is 10.5 Å². The second-order valence-electron chi connectivity index (χ2n) is 7.19. The molecule has 6 nitrogen and oxygen atoms in total. The van der Waals surface area contributed by atoms with Crippen molar-refractivity contribution in [1.29, 1.82) is 0 Å². The lowest BCUT2D eigenvalue weighted by atomic mass is 9.92. The van der Waals surface area contributed by atoms with Crippen molar-refractivity contribution in [2.24, 2.45) is 5.92 Å². The predicted octanol–water partition coefficient (Wildman–Crippen LogP) is 3.99. The first-order chi connectivity index (χ1) is 12.0. The minimum Gasteiger partial charge on any atom is -0.323 e. The van der Waals surface area contributed by atoms with E-state index in [4.69, 9.17) is 23.2 Å². The smallest absolute Gasteiger partial charge is 0.323 e. The lowest BCUT2D eigenvalue weighted by molar-refractivity contribution is -0.133. The van der Waals surface area contributed by atoms with Gasteiger partial charge in [0.1, 0.15) is 12.1 Å². The van der Waals surface area contributed by atoms with E-state index in [0.29, 0.717) is 17.4 Å². The number of aryl methyl sites for hydroxylation is 1. The van der Waals surface area contributed by atoms with Gasteiger partial charge in [-0.1, -0.05) is 43.1 Å². The molecule has 1 heterocycles. The maximum Gasteiger partial charge on any atom is 0.325 e. The van der Waals surface area contributed by atoms with Crippen LogP contribution in [0.2, 0.25) is 10.0 Å². The summed E-state index contributed by atoms with van der Waals surface area (Å²) in [6, 6.07) is 2.78. The van der Waals surface area contributed by atoms with Crippen LogP contribution in [0, 0.1) is 12.8 Å². The van der Waals surface area contributed by atoms with E-state index in [2.05, 4.69) is 10.6 Å². The third-order valence-corrected chi connectivity index (χ3v) is 5.22. The van der Waals surface area contributed by atoms with Gasteiger partial charge in [0.2, 0.25) is 5.91 Å². The quantitative estimate of drug-likeness (QED) is 0.709. The molecule has 0 aromatic heterocycles. The highest BCUT2D eigenvalue weighted by molar-refractivity contribution is 6.40. The molecule has 0 spiro atoms. The number of carbonyl (C=O) groups excluding carboxylic acids is 3. The molecule has 0 radical (unpaired) electrons. The summed E-state index contributed by atoms with van der Waals surface area (Å²) in [4.78, 5) is 38.1. The number of carbonyl (C=O) groups is 3. The zero-order valence-corrected chi connectivity index (χ0v) is 16.8. The maximum absolute atomic E-state index is 12.6. The monoisotopic (exact) mass is 399 g/mol. The van der Waals surface area contributed by atoms with Crippen molar-refractivity contribution in [3.05, 3.63) is 27.7 Å². The van der Waals surface area contributed by atoms with E-state index in [-0.39, 0.29) is 10.7 Å². The van der Waals surface area contributed by atoms with E-state index in [1.54, 1.807) is 26.0 Å². The fraction of sp³-hybridized carbons (Fsp3) is 0.500. The Morgan fingerprint density at radius 1 is 1.31 bits per heavy atom. The van der Waals surface area contributed by atoms with Crippen LogP contribution in [0.5, 0.6) is 0 Å². The second kappa shape index (κ2) is 7.84. The van der Waals surface area contributed by atoms with Crippen LogP contribution >= 0.6 is 23.2 Å². The molecule has 1 aliphatic heterocycles. The van der Waals surface area contributed by atoms with Crippen LogP contribution in [0.25, 0.3) is 0 Å². The van der Waals surface area contributed by atoms with Gasteiger partial charge in [-0.3, -0.25) is 14.5 Å². The Kier molecular flexibility index (Phi) is 6.19. The average Bonchev–Trinajstić information content (AvgIpc) is 2.77. The largest absolute Gasteiger partial charge is 0.325 e. The summed E-state index contributed by atoms with van der Waals surface area (Å²) in [5, 5.41) is 5.89. The average molecular weight is 400 g/mol. The first-order valence-electron chi connectivity index (χ1n) is 8.43. The maximum atomic E-state index is 12.6. The third-order valence-electron chi connectivity index (χ3n) is 4.42. The highest BCUT2D eigenvalue weighted by atomic mass is 35.5. The molecule has 1 saturated heterocycles. The number of nitrogens with one attached hydrogen (secondary N) is 2. The molecule has 0 bridgehead atoms. The molecule has 4 amide bonds. The van der Waals surface area contributed by atoms with Crippen molar-refractivity contribution in [3.8, 4) is 0 Å². The number of halogens is 2. The Balaban J connectivity index is 2.09. The van der Waals surface area contributed by atoms with E-state index >= 15 is 0 Å². The normalized spacial score (nSPS) is 19.9. The summed E-state index contributed by atoms with van der Waals surface area (Å²) in [5.74, 6) is -0.546. The number of imide groups is 1. The number of rotatable bonds is 6. The summed E-state index contributed by atoms with van der Waals surface area (Å²) in [7, 11) is 0. The molecule has 26 heavy (non-hydrogen) atoms. The van der Waals surface area contributed by atoms with Crippen LogP contribution in [-0.2, 0) is 9.59 Å². The molecule has 0 aliphatic carbocycles. The van der Waals surface area contributed by atoms with Crippen LogP contribution in [0.15, 0.2) is 12.1 Å². The van der Waals surface area contributed by atoms with Gasteiger partial charge in [0.15, 0.2) is 0 Å². The van der Waals surface area contributed by atoms with Crippen molar-refractivity contribution in [1.82, 2.24) is 10.2 Å². The number of hydrogen-bond donors (Lipinski definition) is 2. The summed E-state index contributed by atoms with van der Waals surface area (Å²) in [5.41, 5.74) is 0.0378. The molecule has 1 aliphatic rings. The Hall–Kier alpha value is -1.79. The van der Waals surface area contributed by atoms with Gasteiger partial charge >= 0.3 is 6.03 Å². The molecule has 1 fully saturated rings. The first kappa shape index (κ1) is 20.5. The second-order valence-corrected chi connectivity index (χ2v) is 7.97.